The van der Waals surface area contributed by atoms with Crippen molar-refractivity contribution in [3.63, 3.8) is 0 Å². The molecular weight excluding hydrogens is 483 g/mol. The lowest BCUT2D eigenvalue weighted by Crippen LogP contribution is -2.40. The molecule has 1 unspecified atom stereocenters. The Hall–Kier alpha value is -2.96. The Labute approximate surface area is 214 Å². The maximum Gasteiger partial charge on any atom is 0.270 e. The number of carbonyl (C=O) groups is 1. The van der Waals surface area contributed by atoms with Gasteiger partial charge in [-0.3, -0.25) is 19.1 Å². The Kier molecular flexibility index (Phi) is 7.43. The number of hydrogen-bond donors (Lipinski definition) is 0. The molecule has 3 heterocycles. The second-order valence-corrected chi connectivity index (χ2v) is 10.7. The Balaban J connectivity index is 1.80. The van der Waals surface area contributed by atoms with Crippen LogP contribution < -0.4 is 10.5 Å². The number of amides is 1. The summed E-state index contributed by atoms with van der Waals surface area (Å²) < 4.78 is 15.4. The first kappa shape index (κ1) is 25.1. The standard InChI is InChI=1S/C26H27FN4O2S2/c1-4-30-23(29-11-5-6-16(2)14-29)20(17(3)21(13-28)24(30)32)12-22-25(33)31(26(34)35-22)15-18-7-9-19(27)10-8-18/h7-10,12,16H,4-6,11,14-15H2,1-3H3. The van der Waals surface area contributed by atoms with Crippen LogP contribution in [0, 0.1) is 30.0 Å². The number of aromatic nitrogens is 1. The normalized spacial score (nSPS) is 19.5. The maximum atomic E-state index is 13.3. The van der Waals surface area contributed by atoms with Gasteiger partial charge in [-0.25, -0.2) is 4.39 Å². The summed E-state index contributed by atoms with van der Waals surface area (Å²) in [5, 5.41) is 9.74. The van der Waals surface area contributed by atoms with Gasteiger partial charge in [-0.1, -0.05) is 43.0 Å². The molecular formula is C26H27FN4O2S2. The number of rotatable bonds is 5. The van der Waals surface area contributed by atoms with Gasteiger partial charge in [0.25, 0.3) is 11.5 Å². The number of carbonyl (C=O) groups excluding carboxylic acids is 1. The van der Waals surface area contributed by atoms with E-state index in [9.17, 15) is 19.2 Å². The van der Waals surface area contributed by atoms with E-state index in [1.165, 1.54) is 28.8 Å². The largest absolute Gasteiger partial charge is 0.357 e. The van der Waals surface area contributed by atoms with Crippen LogP contribution >= 0.6 is 24.0 Å². The Morgan fingerprint density at radius 3 is 2.63 bits per heavy atom. The molecule has 6 nitrogen and oxygen atoms in total. The van der Waals surface area contributed by atoms with E-state index >= 15 is 0 Å². The number of piperidine rings is 1. The highest BCUT2D eigenvalue weighted by Crippen LogP contribution is 2.37. The van der Waals surface area contributed by atoms with Crippen molar-refractivity contribution in [2.45, 2.75) is 46.7 Å². The molecule has 0 saturated carbocycles. The van der Waals surface area contributed by atoms with Crippen molar-refractivity contribution in [1.29, 1.82) is 5.26 Å². The number of thioether (sulfide) groups is 1. The molecule has 2 fully saturated rings. The van der Waals surface area contributed by atoms with E-state index < -0.39 is 0 Å². The zero-order valence-corrected chi connectivity index (χ0v) is 21.6. The molecule has 1 aromatic heterocycles. The summed E-state index contributed by atoms with van der Waals surface area (Å²) in [4.78, 5) is 30.6. The first-order valence-electron chi connectivity index (χ1n) is 11.7. The van der Waals surface area contributed by atoms with Gasteiger partial charge in [0, 0.05) is 25.2 Å². The van der Waals surface area contributed by atoms with Gasteiger partial charge in [0.2, 0.25) is 0 Å². The second kappa shape index (κ2) is 10.3. The molecule has 2 aliphatic heterocycles. The zero-order chi connectivity index (χ0) is 25.3. The summed E-state index contributed by atoms with van der Waals surface area (Å²) in [6, 6.07) is 8.05. The molecule has 1 aromatic carbocycles. The van der Waals surface area contributed by atoms with Crippen LogP contribution in [0.5, 0.6) is 0 Å². The van der Waals surface area contributed by atoms with Crippen LogP contribution in [0.25, 0.3) is 6.08 Å². The van der Waals surface area contributed by atoms with Gasteiger partial charge in [-0.2, -0.15) is 5.26 Å². The number of nitriles is 1. The van der Waals surface area contributed by atoms with E-state index in [0.717, 1.165) is 37.3 Å². The van der Waals surface area contributed by atoms with Crippen LogP contribution in [-0.2, 0) is 17.9 Å². The highest BCUT2D eigenvalue weighted by Gasteiger charge is 2.33. The first-order chi connectivity index (χ1) is 16.7. The minimum Gasteiger partial charge on any atom is -0.357 e. The van der Waals surface area contributed by atoms with Crippen molar-refractivity contribution in [3.05, 3.63) is 67.6 Å². The van der Waals surface area contributed by atoms with E-state index in [1.54, 1.807) is 29.7 Å². The third-order valence-electron chi connectivity index (χ3n) is 6.52. The quantitative estimate of drug-likeness (QED) is 0.424. The lowest BCUT2D eigenvalue weighted by molar-refractivity contribution is -0.122. The number of benzene rings is 1. The highest BCUT2D eigenvalue weighted by molar-refractivity contribution is 8.26. The number of anilines is 1. The van der Waals surface area contributed by atoms with Crippen LogP contribution in [0.15, 0.2) is 34.0 Å². The van der Waals surface area contributed by atoms with Crippen LogP contribution in [-0.4, -0.2) is 32.8 Å². The summed E-state index contributed by atoms with van der Waals surface area (Å²) in [6.07, 6.45) is 3.91. The Morgan fingerprint density at radius 2 is 2.00 bits per heavy atom. The lowest BCUT2D eigenvalue weighted by Gasteiger charge is -2.35. The SMILES string of the molecule is CCn1c(N2CCCC(C)C2)c(C=C2SC(=S)N(Cc3ccc(F)cc3)C2=O)c(C)c(C#N)c1=O. The molecule has 2 aromatic rings. The molecule has 0 aliphatic carbocycles. The second-order valence-electron chi connectivity index (χ2n) is 8.99. The maximum absolute atomic E-state index is 13.3. The fourth-order valence-corrected chi connectivity index (χ4v) is 5.94. The van der Waals surface area contributed by atoms with E-state index in [1.807, 2.05) is 6.92 Å². The van der Waals surface area contributed by atoms with Gasteiger partial charge in [-0.15, -0.1) is 0 Å². The Morgan fingerprint density at radius 1 is 1.29 bits per heavy atom. The average molecular weight is 511 g/mol. The van der Waals surface area contributed by atoms with Gasteiger partial charge in [0.05, 0.1) is 11.4 Å². The predicted octanol–water partition coefficient (Wildman–Crippen LogP) is 4.83. The molecule has 9 heteroatoms. The number of halogens is 1. The van der Waals surface area contributed by atoms with Crippen molar-refractivity contribution >= 4 is 46.1 Å². The molecule has 0 radical (unpaired) electrons. The lowest BCUT2D eigenvalue weighted by atomic mass is 9.98. The Bertz CT molecular complexity index is 1310. The zero-order valence-electron chi connectivity index (χ0n) is 20.0. The number of thiocarbonyl (C=S) groups is 1. The third kappa shape index (κ3) is 4.91. The van der Waals surface area contributed by atoms with Gasteiger partial charge in [0.1, 0.15) is 27.6 Å². The summed E-state index contributed by atoms with van der Waals surface area (Å²) in [7, 11) is 0. The summed E-state index contributed by atoms with van der Waals surface area (Å²) in [5.41, 5.74) is 1.84. The summed E-state index contributed by atoms with van der Waals surface area (Å²) in [5.74, 6) is 0.647. The molecule has 0 N–H and O–H groups in total. The third-order valence-corrected chi connectivity index (χ3v) is 7.90. The molecule has 182 valence electrons. The molecule has 0 bridgehead atoms. The van der Waals surface area contributed by atoms with Crippen molar-refractivity contribution in [2.75, 3.05) is 18.0 Å². The predicted molar refractivity (Wildman–Crippen MR) is 142 cm³/mol. The van der Waals surface area contributed by atoms with E-state index in [-0.39, 0.29) is 29.4 Å². The minimum atomic E-state index is -0.339. The van der Waals surface area contributed by atoms with E-state index in [0.29, 0.717) is 32.8 Å². The fourth-order valence-electron chi connectivity index (χ4n) is 4.70. The van der Waals surface area contributed by atoms with Crippen LogP contribution in [0.4, 0.5) is 10.2 Å². The van der Waals surface area contributed by atoms with Gasteiger partial charge < -0.3 is 4.90 Å². The first-order valence-corrected chi connectivity index (χ1v) is 12.9. The van der Waals surface area contributed by atoms with Gasteiger partial charge in [0.15, 0.2) is 0 Å². The van der Waals surface area contributed by atoms with Gasteiger partial charge >= 0.3 is 0 Å². The molecule has 35 heavy (non-hydrogen) atoms. The van der Waals surface area contributed by atoms with Gasteiger partial charge in [-0.05, 0) is 61.9 Å². The van der Waals surface area contributed by atoms with Crippen molar-refractivity contribution in [1.82, 2.24) is 9.47 Å². The van der Waals surface area contributed by atoms with Crippen molar-refractivity contribution in [2.24, 2.45) is 5.92 Å². The topological polar surface area (TPSA) is 69.3 Å². The summed E-state index contributed by atoms with van der Waals surface area (Å²) in [6.45, 7) is 8.12. The number of nitrogens with zero attached hydrogens (tertiary/aromatic N) is 4. The van der Waals surface area contributed by atoms with Crippen molar-refractivity contribution < 1.29 is 9.18 Å². The van der Waals surface area contributed by atoms with E-state index in [2.05, 4.69) is 17.9 Å². The number of pyridine rings is 1. The van der Waals surface area contributed by atoms with E-state index in [4.69, 9.17) is 12.2 Å². The van der Waals surface area contributed by atoms with Crippen LogP contribution in [0.3, 0.4) is 0 Å². The van der Waals surface area contributed by atoms with Crippen molar-refractivity contribution in [3.8, 4) is 6.07 Å². The van der Waals surface area contributed by atoms with Crippen LogP contribution in [0.2, 0.25) is 0 Å². The molecule has 0 spiro atoms. The average Bonchev–Trinajstić information content (AvgIpc) is 3.09. The minimum absolute atomic E-state index is 0.0914. The fraction of sp³-hybridized carbons (Fsp3) is 0.385. The summed E-state index contributed by atoms with van der Waals surface area (Å²) >= 11 is 6.70. The number of hydrogen-bond acceptors (Lipinski definition) is 6. The highest BCUT2D eigenvalue weighted by atomic mass is 32.2. The molecule has 1 amide bonds. The molecule has 2 aliphatic rings. The molecule has 4 rings (SSSR count). The monoisotopic (exact) mass is 510 g/mol. The van der Waals surface area contributed by atoms with Crippen LogP contribution in [0.1, 0.15) is 48.9 Å². The molecule has 2 saturated heterocycles. The smallest absolute Gasteiger partial charge is 0.270 e. The molecule has 1 atom stereocenters.